The predicted octanol–water partition coefficient (Wildman–Crippen LogP) is 2.53. The minimum absolute atomic E-state index is 0.0106. The van der Waals surface area contributed by atoms with Crippen LogP contribution in [-0.2, 0) is 27.9 Å². The minimum atomic E-state index is -3.63. The number of carbonyl (C=O) groups excluding carboxylic acids is 1. The number of halogens is 1. The molecular weight excluding hydrogens is 437 g/mol. The zero-order valence-corrected chi connectivity index (χ0v) is 18.5. The van der Waals surface area contributed by atoms with Crippen LogP contribution in [0.1, 0.15) is 30.4 Å². The summed E-state index contributed by atoms with van der Waals surface area (Å²) < 4.78 is 47.0. The Morgan fingerprint density at radius 2 is 1.91 bits per heavy atom. The fourth-order valence-electron chi connectivity index (χ4n) is 3.75. The number of fused-ring (bicyclic) bond motifs is 1. The Balaban J connectivity index is 1.44. The van der Waals surface area contributed by atoms with Crippen molar-refractivity contribution in [3.63, 3.8) is 0 Å². The number of nitrogens with one attached hydrogen (secondary N) is 1. The van der Waals surface area contributed by atoms with Crippen molar-refractivity contribution >= 4 is 27.0 Å². The highest BCUT2D eigenvalue weighted by molar-refractivity contribution is 7.89. The van der Waals surface area contributed by atoms with Crippen molar-refractivity contribution in [1.82, 2.24) is 14.2 Å². The third kappa shape index (κ3) is 4.46. The Morgan fingerprint density at radius 3 is 2.62 bits per heavy atom. The molecule has 1 fully saturated rings. The summed E-state index contributed by atoms with van der Waals surface area (Å²) in [5.74, 6) is -1.30. The standard InChI is InChI=1S/C22H24FN3O5S/c1-15-4-5-16(12-18(15)23)14-24-21(27)8-11-26-19-7-6-17(13-20(19)31-22(26)28)32(29,30)25-9-2-3-10-25/h4-7,12-13H,2-3,8-11,14H2,1H3,(H,24,27). The molecule has 1 aromatic heterocycles. The number of hydrogen-bond donors (Lipinski definition) is 1. The second-order valence-corrected chi connectivity index (χ2v) is 9.81. The minimum Gasteiger partial charge on any atom is -0.408 e. The third-order valence-electron chi connectivity index (χ3n) is 5.63. The lowest BCUT2D eigenvalue weighted by Gasteiger charge is -2.15. The number of amides is 1. The number of carbonyl (C=O) groups is 1. The van der Waals surface area contributed by atoms with Gasteiger partial charge in [-0.3, -0.25) is 9.36 Å². The molecule has 10 heteroatoms. The summed E-state index contributed by atoms with van der Waals surface area (Å²) in [7, 11) is -3.63. The van der Waals surface area contributed by atoms with E-state index in [9.17, 15) is 22.4 Å². The van der Waals surface area contributed by atoms with Crippen LogP contribution in [-0.4, -0.2) is 36.3 Å². The fourth-order valence-corrected chi connectivity index (χ4v) is 5.28. The number of benzene rings is 2. The van der Waals surface area contributed by atoms with E-state index in [1.54, 1.807) is 19.1 Å². The smallest absolute Gasteiger partial charge is 0.408 e. The number of aromatic nitrogens is 1. The van der Waals surface area contributed by atoms with Gasteiger partial charge in [0.2, 0.25) is 15.9 Å². The molecule has 0 spiro atoms. The Labute approximate surface area is 184 Å². The van der Waals surface area contributed by atoms with E-state index in [1.807, 2.05) is 0 Å². The van der Waals surface area contributed by atoms with Gasteiger partial charge >= 0.3 is 5.76 Å². The summed E-state index contributed by atoms with van der Waals surface area (Å²) in [6.45, 7) is 2.87. The molecule has 0 unspecified atom stereocenters. The zero-order chi connectivity index (χ0) is 22.9. The summed E-state index contributed by atoms with van der Waals surface area (Å²) >= 11 is 0. The highest BCUT2D eigenvalue weighted by Gasteiger charge is 2.28. The van der Waals surface area contributed by atoms with Crippen LogP contribution in [0.25, 0.3) is 11.1 Å². The van der Waals surface area contributed by atoms with Gasteiger partial charge in [-0.05, 0) is 49.1 Å². The molecule has 0 saturated carbocycles. The summed E-state index contributed by atoms with van der Waals surface area (Å²) in [4.78, 5) is 24.6. The molecule has 0 atom stereocenters. The van der Waals surface area contributed by atoms with E-state index < -0.39 is 15.8 Å². The van der Waals surface area contributed by atoms with Crippen LogP contribution in [0.3, 0.4) is 0 Å². The number of hydrogen-bond acceptors (Lipinski definition) is 5. The molecule has 0 radical (unpaired) electrons. The first-order valence-electron chi connectivity index (χ1n) is 10.4. The Hall–Kier alpha value is -2.98. The fraction of sp³-hybridized carbons (Fsp3) is 0.364. The predicted molar refractivity (Wildman–Crippen MR) is 116 cm³/mol. The van der Waals surface area contributed by atoms with E-state index in [0.717, 1.165) is 12.8 Å². The highest BCUT2D eigenvalue weighted by Crippen LogP contribution is 2.24. The molecule has 1 saturated heterocycles. The van der Waals surface area contributed by atoms with E-state index in [4.69, 9.17) is 4.42 Å². The molecule has 1 amide bonds. The SMILES string of the molecule is Cc1ccc(CNC(=O)CCn2c(=O)oc3cc(S(=O)(=O)N4CCCC4)ccc32)cc1F. The molecule has 170 valence electrons. The van der Waals surface area contributed by atoms with Gasteiger partial charge in [-0.1, -0.05) is 12.1 Å². The molecule has 2 heterocycles. The molecule has 1 aliphatic heterocycles. The number of rotatable bonds is 7. The van der Waals surface area contributed by atoms with Gasteiger partial charge in [-0.2, -0.15) is 4.31 Å². The largest absolute Gasteiger partial charge is 0.419 e. The Kier molecular flexibility index (Phi) is 6.16. The molecule has 3 aromatic rings. The van der Waals surface area contributed by atoms with E-state index >= 15 is 0 Å². The summed E-state index contributed by atoms with van der Waals surface area (Å²) in [5, 5.41) is 2.70. The van der Waals surface area contributed by atoms with Gasteiger partial charge < -0.3 is 9.73 Å². The van der Waals surface area contributed by atoms with Crippen LogP contribution in [0.4, 0.5) is 4.39 Å². The van der Waals surface area contributed by atoms with Crippen LogP contribution in [0, 0.1) is 12.7 Å². The van der Waals surface area contributed by atoms with Crippen LogP contribution < -0.4 is 11.1 Å². The van der Waals surface area contributed by atoms with Gasteiger partial charge in [0.15, 0.2) is 5.58 Å². The molecular formula is C22H24FN3O5S. The molecule has 2 aromatic carbocycles. The summed E-state index contributed by atoms with van der Waals surface area (Å²) in [6.07, 6.45) is 1.67. The van der Waals surface area contributed by atoms with Crippen molar-refractivity contribution in [2.24, 2.45) is 0 Å². The maximum Gasteiger partial charge on any atom is 0.419 e. The van der Waals surface area contributed by atoms with Crippen molar-refractivity contribution in [3.05, 3.63) is 63.9 Å². The highest BCUT2D eigenvalue weighted by atomic mass is 32.2. The first-order chi connectivity index (χ1) is 15.3. The maximum absolute atomic E-state index is 13.6. The summed E-state index contributed by atoms with van der Waals surface area (Å²) in [5.41, 5.74) is 1.75. The van der Waals surface area contributed by atoms with Gasteiger partial charge in [-0.25, -0.2) is 17.6 Å². The molecule has 0 aliphatic carbocycles. The third-order valence-corrected chi connectivity index (χ3v) is 7.53. The van der Waals surface area contributed by atoms with Crippen molar-refractivity contribution in [2.75, 3.05) is 13.1 Å². The quantitative estimate of drug-likeness (QED) is 0.583. The molecule has 0 bridgehead atoms. The van der Waals surface area contributed by atoms with Crippen LogP contribution in [0.2, 0.25) is 0 Å². The number of aryl methyl sites for hydroxylation is 2. The molecule has 8 nitrogen and oxygen atoms in total. The van der Waals surface area contributed by atoms with Crippen LogP contribution in [0.5, 0.6) is 0 Å². The number of oxazole rings is 1. The average molecular weight is 462 g/mol. The first kappa shape index (κ1) is 22.2. The van der Waals surface area contributed by atoms with Crippen molar-refractivity contribution in [3.8, 4) is 0 Å². The molecule has 1 aliphatic rings. The van der Waals surface area contributed by atoms with E-state index in [2.05, 4.69) is 5.32 Å². The lowest BCUT2D eigenvalue weighted by Crippen LogP contribution is -2.27. The van der Waals surface area contributed by atoms with Crippen molar-refractivity contribution in [2.45, 2.75) is 44.2 Å². The second-order valence-electron chi connectivity index (χ2n) is 7.87. The van der Waals surface area contributed by atoms with Crippen molar-refractivity contribution < 1.29 is 22.0 Å². The van der Waals surface area contributed by atoms with Crippen molar-refractivity contribution in [1.29, 1.82) is 0 Å². The van der Waals surface area contributed by atoms with Gasteiger partial charge in [0.25, 0.3) is 0 Å². The zero-order valence-electron chi connectivity index (χ0n) is 17.6. The monoisotopic (exact) mass is 461 g/mol. The van der Waals surface area contributed by atoms with E-state index in [-0.39, 0.29) is 41.7 Å². The van der Waals surface area contributed by atoms with Gasteiger partial charge in [0.05, 0.1) is 10.4 Å². The molecule has 32 heavy (non-hydrogen) atoms. The number of sulfonamides is 1. The normalized spacial score (nSPS) is 14.8. The lowest BCUT2D eigenvalue weighted by atomic mass is 10.1. The Morgan fingerprint density at radius 1 is 1.16 bits per heavy atom. The maximum atomic E-state index is 13.6. The van der Waals surface area contributed by atoms with E-state index in [0.29, 0.717) is 29.7 Å². The van der Waals surface area contributed by atoms with Gasteiger partial charge in [0.1, 0.15) is 5.82 Å². The molecule has 4 rings (SSSR count). The second kappa shape index (κ2) is 8.87. The van der Waals surface area contributed by atoms with Crippen LogP contribution >= 0.6 is 0 Å². The lowest BCUT2D eigenvalue weighted by molar-refractivity contribution is -0.121. The number of nitrogens with zero attached hydrogens (tertiary/aromatic N) is 2. The van der Waals surface area contributed by atoms with Gasteiger partial charge in [-0.15, -0.1) is 0 Å². The molecule has 1 N–H and O–H groups in total. The topological polar surface area (TPSA) is 102 Å². The summed E-state index contributed by atoms with van der Waals surface area (Å²) in [6, 6.07) is 9.08. The van der Waals surface area contributed by atoms with Crippen LogP contribution in [0.15, 0.2) is 50.5 Å². The van der Waals surface area contributed by atoms with E-state index in [1.165, 1.54) is 33.1 Å². The average Bonchev–Trinajstić information content (AvgIpc) is 3.41. The Bertz CT molecular complexity index is 1320. The van der Waals surface area contributed by atoms with Gasteiger partial charge in [0, 0.05) is 38.7 Å². The first-order valence-corrected chi connectivity index (χ1v) is 11.8.